The SMILES string of the molecule is Cl.NCCC(=O)NCCc1cc(Cl)cc(Cl)c1. The van der Waals surface area contributed by atoms with E-state index in [9.17, 15) is 4.79 Å². The Labute approximate surface area is 117 Å². The highest BCUT2D eigenvalue weighted by atomic mass is 35.5. The Morgan fingerprint density at radius 2 is 1.82 bits per heavy atom. The molecule has 17 heavy (non-hydrogen) atoms. The Morgan fingerprint density at radius 3 is 2.35 bits per heavy atom. The van der Waals surface area contributed by atoms with Crippen LogP contribution in [0.15, 0.2) is 18.2 Å². The summed E-state index contributed by atoms with van der Waals surface area (Å²) in [5.74, 6) is -0.0318. The molecule has 96 valence electrons. The van der Waals surface area contributed by atoms with Crippen molar-refractivity contribution in [3.05, 3.63) is 33.8 Å². The van der Waals surface area contributed by atoms with Gasteiger partial charge in [0.05, 0.1) is 0 Å². The summed E-state index contributed by atoms with van der Waals surface area (Å²) in [6.07, 6.45) is 1.06. The molecule has 0 atom stereocenters. The minimum atomic E-state index is -0.0318. The van der Waals surface area contributed by atoms with Crippen LogP contribution < -0.4 is 11.1 Å². The summed E-state index contributed by atoms with van der Waals surface area (Å²) in [5.41, 5.74) is 6.26. The third kappa shape index (κ3) is 6.74. The molecular formula is C11H15Cl3N2O. The largest absolute Gasteiger partial charge is 0.356 e. The first-order valence-corrected chi connectivity index (χ1v) is 5.79. The van der Waals surface area contributed by atoms with E-state index < -0.39 is 0 Å². The monoisotopic (exact) mass is 296 g/mol. The van der Waals surface area contributed by atoms with Crippen molar-refractivity contribution in [3.63, 3.8) is 0 Å². The van der Waals surface area contributed by atoms with Crippen LogP contribution in [0.25, 0.3) is 0 Å². The van der Waals surface area contributed by atoms with Gasteiger partial charge in [-0.1, -0.05) is 23.2 Å². The first kappa shape index (κ1) is 16.5. The second-order valence-corrected chi connectivity index (χ2v) is 4.29. The fourth-order valence-corrected chi connectivity index (χ4v) is 1.89. The minimum absolute atomic E-state index is 0. The minimum Gasteiger partial charge on any atom is -0.356 e. The molecule has 0 heterocycles. The number of carbonyl (C=O) groups excluding carboxylic acids is 1. The van der Waals surface area contributed by atoms with E-state index >= 15 is 0 Å². The standard InChI is InChI=1S/C11H14Cl2N2O.ClH/c12-9-5-8(6-10(13)7-9)2-4-15-11(16)1-3-14;/h5-7H,1-4,14H2,(H,15,16);1H. The second-order valence-electron chi connectivity index (χ2n) is 3.42. The van der Waals surface area contributed by atoms with Crippen LogP contribution in [0.3, 0.4) is 0 Å². The van der Waals surface area contributed by atoms with Gasteiger partial charge >= 0.3 is 0 Å². The average molecular weight is 298 g/mol. The second kappa shape index (κ2) is 8.59. The Hall–Kier alpha value is -0.480. The van der Waals surface area contributed by atoms with E-state index in [1.54, 1.807) is 6.07 Å². The van der Waals surface area contributed by atoms with Crippen LogP contribution >= 0.6 is 35.6 Å². The van der Waals surface area contributed by atoms with E-state index in [1.807, 2.05) is 12.1 Å². The molecule has 0 fully saturated rings. The molecule has 0 saturated heterocycles. The summed E-state index contributed by atoms with van der Waals surface area (Å²) in [6, 6.07) is 5.35. The van der Waals surface area contributed by atoms with E-state index in [1.165, 1.54) is 0 Å². The molecule has 0 aliphatic carbocycles. The Morgan fingerprint density at radius 1 is 1.24 bits per heavy atom. The Balaban J connectivity index is 0.00000256. The van der Waals surface area contributed by atoms with Crippen LogP contribution in [0.1, 0.15) is 12.0 Å². The smallest absolute Gasteiger partial charge is 0.221 e. The Bertz CT molecular complexity index is 351. The maximum Gasteiger partial charge on any atom is 0.221 e. The van der Waals surface area contributed by atoms with Gasteiger partial charge in [0, 0.05) is 29.6 Å². The van der Waals surface area contributed by atoms with Crippen LogP contribution in [-0.4, -0.2) is 19.0 Å². The number of amides is 1. The van der Waals surface area contributed by atoms with Gasteiger partial charge in [0.1, 0.15) is 0 Å². The van der Waals surface area contributed by atoms with Crippen molar-refractivity contribution in [2.24, 2.45) is 5.73 Å². The zero-order chi connectivity index (χ0) is 12.0. The molecule has 0 bridgehead atoms. The number of nitrogens with two attached hydrogens (primary N) is 1. The summed E-state index contributed by atoms with van der Waals surface area (Å²) >= 11 is 11.7. The van der Waals surface area contributed by atoms with Gasteiger partial charge in [-0.25, -0.2) is 0 Å². The molecule has 6 heteroatoms. The van der Waals surface area contributed by atoms with Crippen LogP contribution in [0.5, 0.6) is 0 Å². The van der Waals surface area contributed by atoms with Crippen molar-refractivity contribution in [3.8, 4) is 0 Å². The molecule has 1 amide bonds. The third-order valence-corrected chi connectivity index (χ3v) is 2.47. The van der Waals surface area contributed by atoms with Gasteiger partial charge in [-0.05, 0) is 30.2 Å². The van der Waals surface area contributed by atoms with Crippen molar-refractivity contribution < 1.29 is 4.79 Å². The lowest BCUT2D eigenvalue weighted by Crippen LogP contribution is -2.27. The van der Waals surface area contributed by atoms with Crippen LogP contribution in [0.2, 0.25) is 10.0 Å². The molecule has 0 aliphatic rings. The fourth-order valence-electron chi connectivity index (χ4n) is 1.32. The van der Waals surface area contributed by atoms with Crippen molar-refractivity contribution in [2.75, 3.05) is 13.1 Å². The van der Waals surface area contributed by atoms with Gasteiger partial charge in [-0.2, -0.15) is 0 Å². The molecule has 0 spiro atoms. The number of hydrogen-bond donors (Lipinski definition) is 2. The zero-order valence-corrected chi connectivity index (χ0v) is 11.5. The van der Waals surface area contributed by atoms with Crippen molar-refractivity contribution >= 4 is 41.5 Å². The molecule has 0 aliphatic heterocycles. The predicted molar refractivity (Wildman–Crippen MR) is 74.1 cm³/mol. The quantitative estimate of drug-likeness (QED) is 0.877. The Kier molecular flexibility index (Phi) is 8.35. The van der Waals surface area contributed by atoms with Gasteiger partial charge < -0.3 is 11.1 Å². The van der Waals surface area contributed by atoms with E-state index in [0.29, 0.717) is 36.0 Å². The lowest BCUT2D eigenvalue weighted by molar-refractivity contribution is -0.120. The lowest BCUT2D eigenvalue weighted by atomic mass is 10.1. The molecule has 0 aromatic heterocycles. The van der Waals surface area contributed by atoms with Gasteiger partial charge in [-0.15, -0.1) is 12.4 Å². The highest BCUT2D eigenvalue weighted by Gasteiger charge is 2.01. The summed E-state index contributed by atoms with van der Waals surface area (Å²) < 4.78 is 0. The van der Waals surface area contributed by atoms with E-state index in [0.717, 1.165) is 5.56 Å². The first-order chi connectivity index (χ1) is 7.61. The molecule has 1 aromatic carbocycles. The van der Waals surface area contributed by atoms with Gasteiger partial charge in [0.15, 0.2) is 0 Å². The summed E-state index contributed by atoms with van der Waals surface area (Å²) in [6.45, 7) is 0.935. The van der Waals surface area contributed by atoms with Crippen molar-refractivity contribution in [1.82, 2.24) is 5.32 Å². The maximum atomic E-state index is 11.1. The third-order valence-electron chi connectivity index (χ3n) is 2.03. The number of nitrogens with one attached hydrogen (secondary N) is 1. The molecule has 3 nitrogen and oxygen atoms in total. The van der Waals surface area contributed by atoms with E-state index in [4.69, 9.17) is 28.9 Å². The highest BCUT2D eigenvalue weighted by Crippen LogP contribution is 2.19. The van der Waals surface area contributed by atoms with Gasteiger partial charge in [0.25, 0.3) is 0 Å². The number of benzene rings is 1. The molecule has 0 unspecified atom stereocenters. The number of halogens is 3. The fraction of sp³-hybridized carbons (Fsp3) is 0.364. The van der Waals surface area contributed by atoms with Crippen LogP contribution in [-0.2, 0) is 11.2 Å². The normalized spacial score (nSPS) is 9.59. The lowest BCUT2D eigenvalue weighted by Gasteiger charge is -2.05. The molecule has 0 saturated carbocycles. The molecule has 0 radical (unpaired) electrons. The number of hydrogen-bond acceptors (Lipinski definition) is 2. The van der Waals surface area contributed by atoms with Gasteiger partial charge in [-0.3, -0.25) is 4.79 Å². The number of rotatable bonds is 5. The van der Waals surface area contributed by atoms with Crippen molar-refractivity contribution in [1.29, 1.82) is 0 Å². The van der Waals surface area contributed by atoms with Crippen LogP contribution in [0, 0.1) is 0 Å². The maximum absolute atomic E-state index is 11.1. The zero-order valence-electron chi connectivity index (χ0n) is 9.21. The molecule has 3 N–H and O–H groups in total. The highest BCUT2D eigenvalue weighted by molar-refractivity contribution is 6.34. The van der Waals surface area contributed by atoms with E-state index in [-0.39, 0.29) is 18.3 Å². The number of carbonyl (C=O) groups is 1. The molecule has 1 aromatic rings. The van der Waals surface area contributed by atoms with Crippen molar-refractivity contribution in [2.45, 2.75) is 12.8 Å². The average Bonchev–Trinajstić information content (AvgIpc) is 2.16. The summed E-state index contributed by atoms with van der Waals surface area (Å²) in [4.78, 5) is 11.1. The van der Waals surface area contributed by atoms with Gasteiger partial charge in [0.2, 0.25) is 5.91 Å². The molecule has 1 rings (SSSR count). The first-order valence-electron chi connectivity index (χ1n) is 5.03. The van der Waals surface area contributed by atoms with E-state index in [2.05, 4.69) is 5.32 Å². The van der Waals surface area contributed by atoms with Crippen LogP contribution in [0.4, 0.5) is 0 Å². The molecular weight excluding hydrogens is 282 g/mol. The summed E-state index contributed by atoms with van der Waals surface area (Å²) in [5, 5.41) is 3.98. The topological polar surface area (TPSA) is 55.1 Å². The predicted octanol–water partition coefficient (Wildman–Crippen LogP) is 2.42. The summed E-state index contributed by atoms with van der Waals surface area (Å²) in [7, 11) is 0.